The molecule has 3 aliphatic rings. The molecule has 59 heavy (non-hydrogen) atoms. The van der Waals surface area contributed by atoms with Gasteiger partial charge in [-0.1, -0.05) is 23.7 Å². The average Bonchev–Trinajstić information content (AvgIpc) is 3.54. The van der Waals surface area contributed by atoms with Crippen LogP contribution in [0.25, 0.3) is 11.0 Å². The van der Waals surface area contributed by atoms with Crippen molar-refractivity contribution in [3.05, 3.63) is 119 Å². The van der Waals surface area contributed by atoms with Crippen LogP contribution < -0.4 is 31.3 Å². The molecule has 4 unspecified atom stereocenters. The molecule has 14 nitrogen and oxygen atoms in total. The predicted octanol–water partition coefficient (Wildman–Crippen LogP) is 4.57. The summed E-state index contributed by atoms with van der Waals surface area (Å²) in [5, 5.41) is 9.89. The van der Waals surface area contributed by atoms with Crippen molar-refractivity contribution in [2.75, 3.05) is 19.1 Å². The fourth-order valence-corrected chi connectivity index (χ4v) is 9.44. The molecule has 0 spiro atoms. The molecule has 1 N–H and O–H groups in total. The topological polar surface area (TPSA) is 160 Å². The summed E-state index contributed by atoms with van der Waals surface area (Å²) in [5.41, 5.74) is -3.69. The molecule has 22 heteroatoms. The summed E-state index contributed by atoms with van der Waals surface area (Å²) in [4.78, 5) is 68.9. The van der Waals surface area contributed by atoms with Crippen molar-refractivity contribution in [2.45, 2.75) is 47.6 Å². The third-order valence-electron chi connectivity index (χ3n) is 11.1. The van der Waals surface area contributed by atoms with Crippen molar-refractivity contribution >= 4 is 63.3 Å². The number of phenols is 1. The standard InChI is InChI=1S/C37H26Cl3F5N6O8/c1-47-20-12-23(59-3)22(58-2)11-19(20)46-18(31(47)53)7-8-48-34(56)49-9-6-16-21(51(49)35(48)57)13-36(39)32(54)50(30-28(44)26(42)25(41)27(43)29(30)45)33(55)37(36,40)24(16)15-5-4-14(52)10-17(15)38/h4-6,10-12,21,24,52H,7-9,13H2,1-3H3. The third kappa shape index (κ3) is 5.36. The number of allylic oxidation sites excluding steroid dienone is 2. The van der Waals surface area contributed by atoms with E-state index in [-0.39, 0.29) is 45.5 Å². The van der Waals surface area contributed by atoms with Gasteiger partial charge in [-0.2, -0.15) is 0 Å². The lowest BCUT2D eigenvalue weighted by molar-refractivity contribution is -0.122. The second kappa shape index (κ2) is 13.7. The minimum atomic E-state index is -2.84. The Morgan fingerprint density at radius 3 is 2.14 bits per heavy atom. The van der Waals surface area contributed by atoms with Crippen LogP contribution in [0.5, 0.6) is 17.2 Å². The summed E-state index contributed by atoms with van der Waals surface area (Å²) in [6.07, 6.45) is 0.320. The highest BCUT2D eigenvalue weighted by molar-refractivity contribution is 6.58. The van der Waals surface area contributed by atoms with E-state index >= 15 is 8.78 Å². The van der Waals surface area contributed by atoms with E-state index < -0.39 is 98.2 Å². The van der Waals surface area contributed by atoms with Crippen LogP contribution in [0.1, 0.15) is 29.6 Å². The molecule has 1 saturated heterocycles. The molecular formula is C37H26Cl3F5N6O8. The maximum Gasteiger partial charge on any atom is 0.347 e. The van der Waals surface area contributed by atoms with Gasteiger partial charge in [-0.15, -0.1) is 23.2 Å². The number of carbonyl (C=O) groups is 2. The molecule has 5 aromatic rings. The molecule has 2 aromatic heterocycles. The lowest BCUT2D eigenvalue weighted by atomic mass is 9.64. The van der Waals surface area contributed by atoms with Crippen LogP contribution in [0.4, 0.5) is 27.6 Å². The molecule has 0 bridgehead atoms. The van der Waals surface area contributed by atoms with Gasteiger partial charge < -0.3 is 19.1 Å². The van der Waals surface area contributed by atoms with Crippen molar-refractivity contribution in [1.29, 1.82) is 0 Å². The number of aromatic hydroxyl groups is 1. The Morgan fingerprint density at radius 2 is 1.51 bits per heavy atom. The lowest BCUT2D eigenvalue weighted by Crippen LogP contribution is -2.59. The normalized spacial score (nSPS) is 22.4. The van der Waals surface area contributed by atoms with Crippen LogP contribution in [0.15, 0.2) is 56.4 Å². The average molecular weight is 884 g/mol. The number of methoxy groups -OCH3 is 2. The highest BCUT2D eigenvalue weighted by Crippen LogP contribution is 2.64. The van der Waals surface area contributed by atoms with E-state index in [0.717, 1.165) is 26.1 Å². The first-order valence-electron chi connectivity index (χ1n) is 17.3. The lowest BCUT2D eigenvalue weighted by Gasteiger charge is -2.49. The van der Waals surface area contributed by atoms with E-state index in [4.69, 9.17) is 44.3 Å². The number of rotatable bonds is 7. The summed E-state index contributed by atoms with van der Waals surface area (Å²) in [5.74, 6) is -17.4. The number of ether oxygens (including phenoxy) is 2. The quantitative estimate of drug-likeness (QED) is 0.0618. The number of hydrogen-bond donors (Lipinski definition) is 1. The Balaban J connectivity index is 1.26. The largest absolute Gasteiger partial charge is 0.508 e. The zero-order valence-electron chi connectivity index (χ0n) is 30.5. The van der Waals surface area contributed by atoms with Crippen LogP contribution in [0.2, 0.25) is 5.02 Å². The fraction of sp³-hybridized carbons (Fsp3) is 0.297. The number of phenolic OH excluding ortho intramolecular Hbond substituents is 1. The van der Waals surface area contributed by atoms with Gasteiger partial charge in [0.05, 0.1) is 37.8 Å². The van der Waals surface area contributed by atoms with Gasteiger partial charge in [-0.05, 0) is 23.3 Å². The number of aromatic nitrogens is 5. The van der Waals surface area contributed by atoms with Crippen LogP contribution in [-0.2, 0) is 36.1 Å². The molecule has 4 heterocycles. The molecule has 0 radical (unpaired) electrons. The number of hydrogen-bond acceptors (Lipinski definition) is 9. The fourth-order valence-electron chi connectivity index (χ4n) is 8.25. The molecule has 8 rings (SSSR count). The Hall–Kier alpha value is -5.66. The summed E-state index contributed by atoms with van der Waals surface area (Å²) in [7, 11) is 4.33. The summed E-state index contributed by atoms with van der Waals surface area (Å²) in [6, 6.07) is 5.03. The number of nitrogens with zero attached hydrogens (tertiary/aromatic N) is 6. The van der Waals surface area contributed by atoms with Gasteiger partial charge in [0.25, 0.3) is 17.4 Å². The SMILES string of the molecule is COc1cc2nc(CCn3c(=O)n4n(c3=O)C3CC5(Cl)C(=O)N(c6c(F)c(F)c(F)c(F)c6F)C(=O)C5(Cl)C(c5ccc(O)cc5Cl)C3=CC4)c(=O)n(C)c2cc1OC. The third-order valence-corrected chi connectivity index (χ3v) is 12.8. The van der Waals surface area contributed by atoms with E-state index in [1.54, 1.807) is 12.1 Å². The number of halogens is 8. The second-order valence-electron chi connectivity index (χ2n) is 14.0. The maximum atomic E-state index is 15.3. The Labute approximate surface area is 341 Å². The van der Waals surface area contributed by atoms with Crippen LogP contribution in [-0.4, -0.2) is 64.4 Å². The Bertz CT molecular complexity index is 2920. The van der Waals surface area contributed by atoms with Crippen molar-refractivity contribution < 1.29 is 46.1 Å². The van der Waals surface area contributed by atoms with Crippen molar-refractivity contribution in [3.63, 3.8) is 0 Å². The van der Waals surface area contributed by atoms with Gasteiger partial charge in [-0.3, -0.25) is 14.4 Å². The predicted molar refractivity (Wildman–Crippen MR) is 200 cm³/mol. The van der Waals surface area contributed by atoms with Gasteiger partial charge in [0.2, 0.25) is 5.82 Å². The number of carbonyl (C=O) groups excluding carboxylic acids is 2. The van der Waals surface area contributed by atoms with Gasteiger partial charge in [0.15, 0.2) is 44.5 Å². The van der Waals surface area contributed by atoms with E-state index in [0.29, 0.717) is 22.5 Å². The number of aryl methyl sites for hydroxylation is 2. The number of alkyl halides is 2. The van der Waals surface area contributed by atoms with E-state index in [2.05, 4.69) is 4.98 Å². The minimum absolute atomic E-state index is 0.0267. The molecule has 2 aliphatic heterocycles. The highest BCUT2D eigenvalue weighted by atomic mass is 35.5. The van der Waals surface area contributed by atoms with Crippen LogP contribution in [0.3, 0.4) is 0 Å². The number of anilines is 1. The van der Waals surface area contributed by atoms with Crippen molar-refractivity contribution in [2.24, 2.45) is 7.05 Å². The first-order valence-corrected chi connectivity index (χ1v) is 18.5. The molecule has 1 saturated carbocycles. The molecule has 4 atom stereocenters. The number of benzene rings is 3. The van der Waals surface area contributed by atoms with Crippen molar-refractivity contribution in [1.82, 2.24) is 23.5 Å². The molecule has 1 aliphatic carbocycles. The summed E-state index contributed by atoms with van der Waals surface area (Å²) >= 11 is 20.8. The number of fused-ring (bicyclic) bond motifs is 5. The molecule has 2 fully saturated rings. The van der Waals surface area contributed by atoms with Gasteiger partial charge >= 0.3 is 11.4 Å². The van der Waals surface area contributed by atoms with Gasteiger partial charge in [0, 0.05) is 49.5 Å². The number of imide groups is 1. The minimum Gasteiger partial charge on any atom is -0.508 e. The van der Waals surface area contributed by atoms with Crippen LogP contribution in [0, 0.1) is 29.1 Å². The first kappa shape index (κ1) is 40.1. The molecule has 308 valence electrons. The zero-order valence-corrected chi connectivity index (χ0v) is 32.7. The monoisotopic (exact) mass is 882 g/mol. The summed E-state index contributed by atoms with van der Waals surface area (Å²) < 4.78 is 88.4. The van der Waals surface area contributed by atoms with E-state index in [1.807, 2.05) is 0 Å². The van der Waals surface area contributed by atoms with Crippen molar-refractivity contribution in [3.8, 4) is 17.2 Å². The Kier molecular flexibility index (Phi) is 9.32. The molecule has 2 amide bonds. The van der Waals surface area contributed by atoms with Gasteiger partial charge in [-0.25, -0.2) is 55.4 Å². The number of amides is 2. The molecule has 3 aromatic carbocycles. The van der Waals surface area contributed by atoms with E-state index in [9.17, 15) is 42.3 Å². The second-order valence-corrected chi connectivity index (χ2v) is 15.6. The highest BCUT2D eigenvalue weighted by Gasteiger charge is 2.76. The maximum absolute atomic E-state index is 15.3. The first-order chi connectivity index (χ1) is 27.8. The van der Waals surface area contributed by atoms with Crippen LogP contribution >= 0.6 is 34.8 Å². The summed E-state index contributed by atoms with van der Waals surface area (Å²) in [6.45, 7) is -0.750. The van der Waals surface area contributed by atoms with Gasteiger partial charge in [0.1, 0.15) is 17.1 Å². The Morgan fingerprint density at radius 1 is 0.881 bits per heavy atom. The smallest absolute Gasteiger partial charge is 0.347 e. The van der Waals surface area contributed by atoms with E-state index in [1.165, 1.54) is 38.0 Å². The molecular weight excluding hydrogens is 858 g/mol. The zero-order chi connectivity index (χ0) is 42.8.